The van der Waals surface area contributed by atoms with E-state index < -0.39 is 38.3 Å². The van der Waals surface area contributed by atoms with Crippen LogP contribution < -0.4 is 4.72 Å². The van der Waals surface area contributed by atoms with Crippen molar-refractivity contribution in [3.05, 3.63) is 23.8 Å². The maximum absolute atomic E-state index is 11.2. The van der Waals surface area contributed by atoms with Crippen LogP contribution in [0.15, 0.2) is 23.4 Å². The zero-order valence-electron chi connectivity index (χ0n) is 11.4. The molecule has 23 heavy (non-hydrogen) atoms. The Morgan fingerprint density at radius 3 is 2.43 bits per heavy atom. The van der Waals surface area contributed by atoms with Crippen LogP contribution in [-0.2, 0) is 24.4 Å². The summed E-state index contributed by atoms with van der Waals surface area (Å²) in [6, 6.07) is 3.16. The van der Waals surface area contributed by atoms with Gasteiger partial charge in [-0.2, -0.15) is 0 Å². The van der Waals surface area contributed by atoms with Crippen LogP contribution in [0.2, 0.25) is 0 Å². The third kappa shape index (κ3) is 5.93. The number of carboxylic acid groups (broad SMARTS) is 1. The lowest BCUT2D eigenvalue weighted by Gasteiger charge is -2.09. The van der Waals surface area contributed by atoms with Gasteiger partial charge in [0.2, 0.25) is 14.9 Å². The summed E-state index contributed by atoms with van der Waals surface area (Å²) in [5.41, 5.74) is -1.16. The fourth-order valence-corrected chi connectivity index (χ4v) is 1.95. The molecule has 0 bridgehead atoms. The number of nitrogens with one attached hydrogen (secondary N) is 1. The molecule has 0 radical (unpaired) electrons. The number of phenolic OH excluding ortho intramolecular Hbond substituents is 1. The smallest absolute Gasteiger partial charge is 0.367 e. The minimum Gasteiger partial charge on any atom is -0.506 e. The number of nitrogens with zero attached hydrogens (tertiary/aromatic N) is 1. The number of aliphatic carboxylic acids is 1. The van der Waals surface area contributed by atoms with Crippen molar-refractivity contribution in [2.45, 2.75) is 4.84 Å². The van der Waals surface area contributed by atoms with Gasteiger partial charge in [-0.25, -0.2) is 18.0 Å². The number of rotatable bonds is 6. The SMILES string of the molecule is CS(=O)(=O)Nc1cc(/C(=N\OC(=O)C(Cl)Cl)C(=O)O)ccc1O. The minimum absolute atomic E-state index is 0.144. The van der Waals surface area contributed by atoms with Crippen molar-refractivity contribution in [1.82, 2.24) is 0 Å². The molecule has 3 N–H and O–H groups in total. The van der Waals surface area contributed by atoms with Gasteiger partial charge in [0.05, 0.1) is 11.9 Å². The number of sulfonamides is 1. The van der Waals surface area contributed by atoms with Crippen LogP contribution in [0.3, 0.4) is 0 Å². The topological polar surface area (TPSA) is 142 Å². The van der Waals surface area contributed by atoms with Crippen LogP contribution in [0, 0.1) is 0 Å². The molecule has 1 aromatic carbocycles. The second kappa shape index (κ2) is 7.49. The molecule has 0 saturated heterocycles. The van der Waals surface area contributed by atoms with Gasteiger partial charge in [-0.1, -0.05) is 28.4 Å². The largest absolute Gasteiger partial charge is 0.506 e. The highest BCUT2D eigenvalue weighted by Gasteiger charge is 2.19. The van der Waals surface area contributed by atoms with E-state index in [2.05, 4.69) is 9.99 Å². The molecule has 9 nitrogen and oxygen atoms in total. The van der Waals surface area contributed by atoms with Crippen LogP contribution in [0.25, 0.3) is 0 Å². The Balaban J connectivity index is 3.23. The molecule has 0 aliphatic carbocycles. The Labute approximate surface area is 140 Å². The Kier molecular flexibility index (Phi) is 6.19. The van der Waals surface area contributed by atoms with Crippen molar-refractivity contribution >= 4 is 56.6 Å². The molecule has 0 atom stereocenters. The first-order valence-corrected chi connectivity index (χ1v) is 8.39. The lowest BCUT2D eigenvalue weighted by molar-refractivity contribution is -0.141. The number of benzene rings is 1. The van der Waals surface area contributed by atoms with Gasteiger partial charge in [0.15, 0.2) is 5.71 Å². The van der Waals surface area contributed by atoms with E-state index >= 15 is 0 Å². The quantitative estimate of drug-likeness (QED) is 0.217. The number of halogens is 2. The molecule has 0 saturated carbocycles. The summed E-state index contributed by atoms with van der Waals surface area (Å²) in [5.74, 6) is -3.21. The van der Waals surface area contributed by atoms with Gasteiger partial charge < -0.3 is 15.1 Å². The van der Waals surface area contributed by atoms with Crippen LogP contribution in [0.1, 0.15) is 5.56 Å². The van der Waals surface area contributed by atoms with Crippen LogP contribution >= 0.6 is 23.2 Å². The van der Waals surface area contributed by atoms with E-state index in [0.717, 1.165) is 24.5 Å². The predicted molar refractivity (Wildman–Crippen MR) is 82.3 cm³/mol. The molecule has 0 aliphatic heterocycles. The highest BCUT2D eigenvalue weighted by Crippen LogP contribution is 2.25. The monoisotopic (exact) mass is 384 g/mol. The molecule has 0 spiro atoms. The van der Waals surface area contributed by atoms with Gasteiger partial charge >= 0.3 is 11.9 Å². The molecule has 126 valence electrons. The van der Waals surface area contributed by atoms with E-state index in [1.165, 1.54) is 0 Å². The van der Waals surface area contributed by atoms with Gasteiger partial charge in [-0.05, 0) is 18.2 Å². The summed E-state index contributed by atoms with van der Waals surface area (Å²) >= 11 is 10.4. The number of phenols is 1. The first-order valence-electron chi connectivity index (χ1n) is 5.62. The summed E-state index contributed by atoms with van der Waals surface area (Å²) in [5, 5.41) is 21.8. The zero-order chi connectivity index (χ0) is 17.8. The van der Waals surface area contributed by atoms with E-state index in [9.17, 15) is 23.1 Å². The number of aromatic hydroxyl groups is 1. The third-order valence-corrected chi connectivity index (χ3v) is 3.12. The van der Waals surface area contributed by atoms with Crippen LogP contribution in [0.5, 0.6) is 5.75 Å². The number of anilines is 1. The highest BCUT2D eigenvalue weighted by atomic mass is 35.5. The number of carbonyl (C=O) groups excluding carboxylic acids is 1. The zero-order valence-corrected chi connectivity index (χ0v) is 13.7. The van der Waals surface area contributed by atoms with Crippen molar-refractivity contribution in [2.24, 2.45) is 5.16 Å². The lowest BCUT2D eigenvalue weighted by Crippen LogP contribution is -2.18. The van der Waals surface area contributed by atoms with Crippen molar-refractivity contribution < 1.29 is 33.1 Å². The van der Waals surface area contributed by atoms with Crippen molar-refractivity contribution in [1.29, 1.82) is 0 Å². The molecule has 0 aromatic heterocycles. The van der Waals surface area contributed by atoms with Crippen LogP contribution in [0.4, 0.5) is 5.69 Å². The summed E-state index contributed by atoms with van der Waals surface area (Å²) in [7, 11) is -3.72. The molecular formula is C11H10Cl2N2O7S. The summed E-state index contributed by atoms with van der Waals surface area (Å²) < 4.78 is 24.4. The number of carboxylic acids is 1. The first kappa shape index (κ1) is 19.0. The molecule has 1 aromatic rings. The number of oxime groups is 1. The highest BCUT2D eigenvalue weighted by molar-refractivity contribution is 7.92. The second-order valence-electron chi connectivity index (χ2n) is 4.06. The fourth-order valence-electron chi connectivity index (χ4n) is 1.31. The molecule has 1 rings (SSSR count). The molecule has 0 amide bonds. The van der Waals surface area contributed by atoms with Gasteiger partial charge in [-0.3, -0.25) is 4.72 Å². The molecule has 12 heteroatoms. The van der Waals surface area contributed by atoms with Crippen molar-refractivity contribution in [3.63, 3.8) is 0 Å². The molecule has 0 aliphatic rings. The Morgan fingerprint density at radius 2 is 1.96 bits per heavy atom. The predicted octanol–water partition coefficient (Wildman–Crippen LogP) is 0.899. The summed E-state index contributed by atoms with van der Waals surface area (Å²) in [6.45, 7) is 0. The van der Waals surface area contributed by atoms with Gasteiger partial charge in [0.1, 0.15) is 5.75 Å². The van der Waals surface area contributed by atoms with Crippen LogP contribution in [-0.4, -0.2) is 47.4 Å². The minimum atomic E-state index is -3.72. The Bertz CT molecular complexity index is 762. The molecular weight excluding hydrogens is 375 g/mol. The average molecular weight is 385 g/mol. The third-order valence-electron chi connectivity index (χ3n) is 2.17. The number of hydrogen-bond acceptors (Lipinski definition) is 7. The molecule has 0 heterocycles. The van der Waals surface area contributed by atoms with E-state index in [1.54, 1.807) is 0 Å². The second-order valence-corrected chi connectivity index (χ2v) is 6.91. The lowest BCUT2D eigenvalue weighted by atomic mass is 10.1. The number of alkyl halides is 2. The standard InChI is InChI=1S/C11H10Cl2N2O7S/c1-23(20,21)15-6-4-5(2-3-7(6)16)8(10(17)18)14-22-11(19)9(12)13/h2-4,9,15-16H,1H3,(H,17,18)/b14-8+. The van der Waals surface area contributed by atoms with Crippen molar-refractivity contribution in [3.8, 4) is 5.75 Å². The van der Waals surface area contributed by atoms with E-state index in [4.69, 9.17) is 28.3 Å². The van der Waals surface area contributed by atoms with E-state index in [1.807, 2.05) is 4.72 Å². The van der Waals surface area contributed by atoms with Gasteiger partial charge in [0.25, 0.3) is 0 Å². The number of hydrogen-bond donors (Lipinski definition) is 3. The van der Waals surface area contributed by atoms with Gasteiger partial charge in [-0.15, -0.1) is 0 Å². The van der Waals surface area contributed by atoms with Crippen molar-refractivity contribution in [2.75, 3.05) is 11.0 Å². The molecule has 0 fully saturated rings. The fraction of sp³-hybridized carbons (Fsp3) is 0.182. The first-order chi connectivity index (χ1) is 10.5. The van der Waals surface area contributed by atoms with E-state index in [0.29, 0.717) is 0 Å². The molecule has 0 unspecified atom stereocenters. The summed E-state index contributed by atoms with van der Waals surface area (Å²) in [6.07, 6.45) is 0.841. The van der Waals surface area contributed by atoms with Gasteiger partial charge in [0, 0.05) is 5.56 Å². The maximum Gasteiger partial charge on any atom is 0.367 e. The average Bonchev–Trinajstić information content (AvgIpc) is 2.40. The van der Waals surface area contributed by atoms with E-state index in [-0.39, 0.29) is 11.3 Å². The normalized spacial score (nSPS) is 12.1. The number of carbonyl (C=O) groups is 2. The summed E-state index contributed by atoms with van der Waals surface area (Å²) in [4.78, 5) is 25.0. The Morgan fingerprint density at radius 1 is 1.35 bits per heavy atom. The Hall–Kier alpha value is -2.04. The maximum atomic E-state index is 11.2.